The molecule has 8 heteroatoms. The summed E-state index contributed by atoms with van der Waals surface area (Å²) in [4.78, 5) is 19.2. The Morgan fingerprint density at radius 1 is 1.27 bits per heavy atom. The number of rotatable bonds is 5. The van der Waals surface area contributed by atoms with Crippen molar-refractivity contribution in [3.05, 3.63) is 46.2 Å². The third-order valence-electron chi connectivity index (χ3n) is 5.88. The van der Waals surface area contributed by atoms with Gasteiger partial charge in [-0.3, -0.25) is 9.48 Å². The Hall–Kier alpha value is -2.45. The lowest BCUT2D eigenvalue weighted by Gasteiger charge is -2.37. The second kappa shape index (κ2) is 8.35. The molecule has 0 bridgehead atoms. The average molecular weight is 430 g/mol. The van der Waals surface area contributed by atoms with Crippen LogP contribution >= 0.6 is 11.3 Å². The van der Waals surface area contributed by atoms with Gasteiger partial charge >= 0.3 is 0 Å². The van der Waals surface area contributed by atoms with Crippen LogP contribution in [0.4, 0.5) is 10.1 Å². The molecule has 1 aliphatic heterocycles. The van der Waals surface area contributed by atoms with Gasteiger partial charge in [0.05, 0.1) is 16.6 Å². The summed E-state index contributed by atoms with van der Waals surface area (Å²) in [5, 5.41) is 8.46. The predicted molar refractivity (Wildman–Crippen MR) is 120 cm³/mol. The topological polar surface area (TPSA) is 53.4 Å². The van der Waals surface area contributed by atoms with E-state index in [9.17, 15) is 9.18 Å². The van der Waals surface area contributed by atoms with E-state index in [4.69, 9.17) is 0 Å². The van der Waals surface area contributed by atoms with Gasteiger partial charge in [-0.25, -0.2) is 4.39 Å². The summed E-state index contributed by atoms with van der Waals surface area (Å²) in [6.45, 7) is 10.8. The Morgan fingerprint density at radius 3 is 2.67 bits per heavy atom. The summed E-state index contributed by atoms with van der Waals surface area (Å²) < 4.78 is 15.9. The quantitative estimate of drug-likeness (QED) is 0.672. The van der Waals surface area contributed by atoms with Crippen LogP contribution in [0, 0.1) is 12.7 Å². The van der Waals surface area contributed by atoms with E-state index in [1.54, 1.807) is 10.7 Å². The first-order chi connectivity index (χ1) is 14.4. The van der Waals surface area contributed by atoms with Crippen molar-refractivity contribution < 1.29 is 9.18 Å². The SMILES string of the molecule is CCN1CCN(c2ccc(F)cc2C(C)NC(=O)c2cc3c(C)nn(C)c3s2)CC1. The smallest absolute Gasteiger partial charge is 0.261 e. The van der Waals surface area contributed by atoms with E-state index in [1.165, 1.54) is 17.4 Å². The molecule has 4 rings (SSSR count). The van der Waals surface area contributed by atoms with E-state index in [0.717, 1.165) is 59.9 Å². The highest BCUT2D eigenvalue weighted by atomic mass is 32.1. The number of hydrogen-bond donors (Lipinski definition) is 1. The van der Waals surface area contributed by atoms with Crippen LogP contribution in [0.2, 0.25) is 0 Å². The van der Waals surface area contributed by atoms with Crippen molar-refractivity contribution in [1.29, 1.82) is 0 Å². The van der Waals surface area contributed by atoms with Crippen LogP contribution in [-0.4, -0.2) is 53.3 Å². The van der Waals surface area contributed by atoms with Crippen molar-refractivity contribution in [2.24, 2.45) is 7.05 Å². The van der Waals surface area contributed by atoms with Crippen molar-refractivity contribution in [2.45, 2.75) is 26.8 Å². The van der Waals surface area contributed by atoms with Crippen molar-refractivity contribution in [1.82, 2.24) is 20.0 Å². The van der Waals surface area contributed by atoms with Crippen LogP contribution < -0.4 is 10.2 Å². The number of halogens is 1. The van der Waals surface area contributed by atoms with E-state index in [0.29, 0.717) is 4.88 Å². The molecule has 0 spiro atoms. The number of carbonyl (C=O) groups is 1. The predicted octanol–water partition coefficient (Wildman–Crippen LogP) is 3.72. The zero-order valence-corrected chi connectivity index (χ0v) is 18.7. The maximum absolute atomic E-state index is 14.1. The number of aromatic nitrogens is 2. The number of nitrogens with zero attached hydrogens (tertiary/aromatic N) is 4. The van der Waals surface area contributed by atoms with Gasteiger partial charge < -0.3 is 15.1 Å². The molecule has 0 radical (unpaired) electrons. The second-order valence-corrected chi connectivity index (χ2v) is 8.89. The fourth-order valence-electron chi connectivity index (χ4n) is 4.13. The molecule has 1 amide bonds. The van der Waals surface area contributed by atoms with Gasteiger partial charge in [0, 0.05) is 49.9 Å². The van der Waals surface area contributed by atoms with Crippen molar-refractivity contribution in [2.75, 3.05) is 37.6 Å². The summed E-state index contributed by atoms with van der Waals surface area (Å²) in [5.74, 6) is -0.431. The van der Waals surface area contributed by atoms with Crippen LogP contribution in [0.15, 0.2) is 24.3 Å². The zero-order chi connectivity index (χ0) is 21.4. The largest absolute Gasteiger partial charge is 0.369 e. The molecule has 6 nitrogen and oxygen atoms in total. The van der Waals surface area contributed by atoms with Gasteiger partial charge in [-0.1, -0.05) is 6.92 Å². The first kappa shape index (κ1) is 20.8. The summed E-state index contributed by atoms with van der Waals surface area (Å²) in [7, 11) is 1.88. The minimum atomic E-state index is -0.308. The lowest BCUT2D eigenvalue weighted by atomic mass is 10.0. The number of anilines is 1. The lowest BCUT2D eigenvalue weighted by Crippen LogP contribution is -2.46. The zero-order valence-electron chi connectivity index (χ0n) is 17.9. The first-order valence-corrected chi connectivity index (χ1v) is 11.2. The molecule has 1 atom stereocenters. The van der Waals surface area contributed by atoms with Crippen LogP contribution in [0.5, 0.6) is 0 Å². The Balaban J connectivity index is 1.55. The van der Waals surface area contributed by atoms with Gasteiger partial charge in [-0.2, -0.15) is 5.10 Å². The van der Waals surface area contributed by atoms with Gasteiger partial charge in [0.1, 0.15) is 10.6 Å². The minimum Gasteiger partial charge on any atom is -0.369 e. The van der Waals surface area contributed by atoms with Gasteiger partial charge in [0.2, 0.25) is 0 Å². The Bertz CT molecular complexity index is 1030. The standard InChI is InChI=1S/C22H28FN5OS/c1-5-27-8-10-28(11-9-27)19-7-6-16(23)12-17(19)14(2)24-21(29)20-13-18-15(3)25-26(4)22(18)30-20/h6-7,12-14H,5,8-11H2,1-4H3,(H,24,29). The third-order valence-corrected chi connectivity index (χ3v) is 7.08. The highest BCUT2D eigenvalue weighted by molar-refractivity contribution is 7.20. The van der Waals surface area contributed by atoms with Crippen molar-refractivity contribution in [3.63, 3.8) is 0 Å². The summed E-state index contributed by atoms with van der Waals surface area (Å²) in [5.41, 5.74) is 2.72. The monoisotopic (exact) mass is 429 g/mol. The molecule has 1 aromatic carbocycles. The lowest BCUT2D eigenvalue weighted by molar-refractivity contribution is 0.0944. The van der Waals surface area contributed by atoms with Gasteiger partial charge in [0.25, 0.3) is 5.91 Å². The number of carbonyl (C=O) groups excluding carboxylic acids is 1. The molecule has 3 heterocycles. The van der Waals surface area contributed by atoms with Gasteiger partial charge in [-0.15, -0.1) is 11.3 Å². The molecule has 1 fully saturated rings. The average Bonchev–Trinajstić information content (AvgIpc) is 3.29. The number of nitrogens with one attached hydrogen (secondary N) is 1. The Labute approximate surface area is 180 Å². The van der Waals surface area contributed by atoms with Crippen molar-refractivity contribution >= 4 is 33.1 Å². The van der Waals surface area contributed by atoms with E-state index in [2.05, 4.69) is 27.1 Å². The number of piperazine rings is 1. The molecule has 160 valence electrons. The normalized spacial score (nSPS) is 16.2. The van der Waals surface area contributed by atoms with Crippen LogP contribution in [0.25, 0.3) is 10.2 Å². The Kier molecular flexibility index (Phi) is 5.79. The van der Waals surface area contributed by atoms with E-state index in [-0.39, 0.29) is 17.8 Å². The molecule has 1 unspecified atom stereocenters. The molecule has 0 saturated carbocycles. The van der Waals surface area contributed by atoms with Crippen molar-refractivity contribution in [3.8, 4) is 0 Å². The van der Waals surface area contributed by atoms with E-state index < -0.39 is 0 Å². The summed E-state index contributed by atoms with van der Waals surface area (Å²) >= 11 is 1.43. The molecule has 2 aromatic heterocycles. The highest BCUT2D eigenvalue weighted by Crippen LogP contribution is 2.31. The van der Waals surface area contributed by atoms with E-state index >= 15 is 0 Å². The summed E-state index contributed by atoms with van der Waals surface area (Å²) in [6.07, 6.45) is 0. The molecule has 30 heavy (non-hydrogen) atoms. The van der Waals surface area contributed by atoms with Crippen LogP contribution in [0.3, 0.4) is 0 Å². The maximum Gasteiger partial charge on any atom is 0.261 e. The number of thiophene rings is 1. The number of hydrogen-bond acceptors (Lipinski definition) is 5. The van der Waals surface area contributed by atoms with Gasteiger partial charge in [0.15, 0.2) is 0 Å². The van der Waals surface area contributed by atoms with E-state index in [1.807, 2.05) is 33.0 Å². The van der Waals surface area contributed by atoms with Gasteiger partial charge in [-0.05, 0) is 44.7 Å². The number of fused-ring (bicyclic) bond motifs is 1. The second-order valence-electron chi connectivity index (χ2n) is 7.86. The number of benzene rings is 1. The fraction of sp³-hybridized carbons (Fsp3) is 0.455. The molecule has 1 N–H and O–H groups in total. The number of likely N-dealkylation sites (N-methyl/N-ethyl adjacent to an activating group) is 1. The molecular formula is C22H28FN5OS. The van der Waals surface area contributed by atoms with Crippen LogP contribution in [0.1, 0.15) is 40.8 Å². The molecule has 1 aliphatic rings. The molecule has 0 aliphatic carbocycles. The summed E-state index contributed by atoms with van der Waals surface area (Å²) in [6, 6.07) is 6.47. The third kappa shape index (κ3) is 3.94. The number of aryl methyl sites for hydroxylation is 2. The minimum absolute atomic E-state index is 0.144. The molecular weight excluding hydrogens is 401 g/mol. The first-order valence-electron chi connectivity index (χ1n) is 10.4. The highest BCUT2D eigenvalue weighted by Gasteiger charge is 2.23. The fourth-order valence-corrected chi connectivity index (χ4v) is 5.15. The molecule has 1 saturated heterocycles. The molecule has 3 aromatic rings. The number of amides is 1. The Morgan fingerprint density at radius 2 is 2.00 bits per heavy atom. The maximum atomic E-state index is 14.1. The van der Waals surface area contributed by atoms with Crippen LogP contribution in [-0.2, 0) is 7.05 Å².